The molecule has 6 nitrogen and oxygen atoms in total. The molecule has 262 valence electrons. The molecule has 4 N–H and O–H groups in total. The van der Waals surface area contributed by atoms with Crippen LogP contribution in [0.3, 0.4) is 0 Å². The second-order valence-electron chi connectivity index (χ2n) is 12.5. The zero-order valence-corrected chi connectivity index (χ0v) is 29.7. The third-order valence-electron chi connectivity index (χ3n) is 8.84. The van der Waals surface area contributed by atoms with Crippen LogP contribution in [0.15, 0.2) is 182 Å². The van der Waals surface area contributed by atoms with Crippen molar-refractivity contribution in [3.05, 3.63) is 226 Å². The third kappa shape index (κ3) is 11.0. The maximum Gasteiger partial charge on any atom is 0.269 e. The Morgan fingerprint density at radius 3 is 1.15 bits per heavy atom. The number of nitrogens with zero attached hydrogens (tertiary/aromatic N) is 1. The molecule has 0 aromatic heterocycles. The average molecular weight is 687 g/mol. The lowest BCUT2D eigenvalue weighted by Gasteiger charge is -2.14. The van der Waals surface area contributed by atoms with Crippen molar-refractivity contribution >= 4 is 22.5 Å². The Morgan fingerprint density at radius 2 is 0.846 bits per heavy atom. The first-order valence-corrected chi connectivity index (χ1v) is 17.6. The van der Waals surface area contributed by atoms with Crippen molar-refractivity contribution in [2.75, 3.05) is 18.8 Å². The number of nitro benzene ring substituents is 1. The second-order valence-corrected chi connectivity index (χ2v) is 12.5. The number of anilines is 1. The van der Waals surface area contributed by atoms with Crippen LogP contribution in [0.1, 0.15) is 59.3 Å². The predicted octanol–water partition coefficient (Wildman–Crippen LogP) is 10.4. The molecule has 0 unspecified atom stereocenters. The summed E-state index contributed by atoms with van der Waals surface area (Å²) in [7, 11) is 0. The lowest BCUT2D eigenvalue weighted by molar-refractivity contribution is -0.384. The minimum Gasteiger partial charge on any atom is -0.399 e. The van der Waals surface area contributed by atoms with E-state index in [1.807, 2.05) is 60.7 Å². The molecule has 6 aromatic rings. The Bertz CT molecular complexity index is 1930. The maximum atomic E-state index is 10.8. The van der Waals surface area contributed by atoms with Gasteiger partial charge in [0.1, 0.15) is 0 Å². The van der Waals surface area contributed by atoms with E-state index >= 15 is 0 Å². The molecular weight excluding hydrogens is 641 g/mol. The minimum absolute atomic E-state index is 0.0925. The van der Waals surface area contributed by atoms with Gasteiger partial charge in [-0.3, -0.25) is 10.1 Å². The number of rotatable bonds is 13. The van der Waals surface area contributed by atoms with Crippen molar-refractivity contribution in [1.29, 1.82) is 0 Å². The Balaban J connectivity index is 0.000000202. The van der Waals surface area contributed by atoms with E-state index in [-0.39, 0.29) is 22.7 Å². The highest BCUT2D eigenvalue weighted by Gasteiger charge is 2.10. The summed E-state index contributed by atoms with van der Waals surface area (Å²) in [5.41, 5.74) is 16.2. The van der Waals surface area contributed by atoms with Crippen LogP contribution in [-0.4, -0.2) is 18.0 Å². The highest BCUT2D eigenvalue weighted by Crippen LogP contribution is 2.25. The number of nitrogens with one attached hydrogen (secondary N) is 2. The van der Waals surface area contributed by atoms with Crippen LogP contribution in [0.5, 0.6) is 0 Å². The highest BCUT2D eigenvalue weighted by molar-refractivity contribution is 5.80. The molecule has 6 rings (SSSR count). The molecule has 0 aliphatic carbocycles. The summed E-state index contributed by atoms with van der Waals surface area (Å²) in [6.45, 7) is 5.71. The van der Waals surface area contributed by atoms with Crippen molar-refractivity contribution in [1.82, 2.24) is 10.6 Å². The van der Waals surface area contributed by atoms with E-state index in [0.717, 1.165) is 17.8 Å². The van der Waals surface area contributed by atoms with Gasteiger partial charge in [0, 0.05) is 43.0 Å². The van der Waals surface area contributed by atoms with Crippen LogP contribution < -0.4 is 16.4 Å². The molecule has 0 spiro atoms. The van der Waals surface area contributed by atoms with E-state index < -0.39 is 0 Å². The number of nitro groups is 1. The molecule has 0 heterocycles. The number of hydrogen-bond acceptors (Lipinski definition) is 5. The van der Waals surface area contributed by atoms with E-state index in [1.54, 1.807) is 24.3 Å². The first-order chi connectivity index (χ1) is 25.4. The normalized spacial score (nSPS) is 11.7. The van der Waals surface area contributed by atoms with Gasteiger partial charge in [-0.1, -0.05) is 158 Å². The zero-order chi connectivity index (χ0) is 36.5. The van der Waals surface area contributed by atoms with Gasteiger partial charge in [0.05, 0.1) is 4.92 Å². The first kappa shape index (κ1) is 37.2. The fourth-order valence-electron chi connectivity index (χ4n) is 5.86. The summed E-state index contributed by atoms with van der Waals surface area (Å²) in [6, 6.07) is 56.8. The number of hydrogen-bond donors (Lipinski definition) is 3. The summed E-state index contributed by atoms with van der Waals surface area (Å²) in [4.78, 5) is 10.4. The molecule has 0 aliphatic heterocycles. The van der Waals surface area contributed by atoms with Crippen LogP contribution in [0, 0.1) is 10.1 Å². The van der Waals surface area contributed by atoms with E-state index in [0.29, 0.717) is 6.54 Å². The highest BCUT2D eigenvalue weighted by atomic mass is 16.6. The van der Waals surface area contributed by atoms with Crippen LogP contribution in [-0.2, 0) is 0 Å². The Morgan fingerprint density at radius 1 is 0.538 bits per heavy atom. The van der Waals surface area contributed by atoms with E-state index in [1.165, 1.54) is 39.0 Å². The Hall–Kier alpha value is -6.08. The maximum absolute atomic E-state index is 10.8. The van der Waals surface area contributed by atoms with Gasteiger partial charge in [0.25, 0.3) is 5.69 Å². The molecule has 2 atom stereocenters. The fourth-order valence-corrected chi connectivity index (χ4v) is 5.86. The molecule has 6 heteroatoms. The number of non-ortho nitro benzene ring substituents is 1. The van der Waals surface area contributed by atoms with Crippen molar-refractivity contribution in [3.8, 4) is 0 Å². The average Bonchev–Trinajstić information content (AvgIpc) is 3.20. The lowest BCUT2D eigenvalue weighted by Crippen LogP contribution is -2.18. The van der Waals surface area contributed by atoms with E-state index in [4.69, 9.17) is 5.73 Å². The third-order valence-corrected chi connectivity index (χ3v) is 8.84. The fraction of sp³-hybridized carbons (Fsp3) is 0.130. The monoisotopic (exact) mass is 686 g/mol. The molecule has 0 radical (unpaired) electrons. The topological polar surface area (TPSA) is 93.2 Å². The molecule has 0 amide bonds. The van der Waals surface area contributed by atoms with Crippen molar-refractivity contribution < 1.29 is 4.92 Å². The molecule has 0 aliphatic rings. The molecule has 0 fully saturated rings. The summed E-state index contributed by atoms with van der Waals surface area (Å²) in [5, 5.41) is 17.8. The van der Waals surface area contributed by atoms with Crippen LogP contribution in [0.4, 0.5) is 11.4 Å². The van der Waals surface area contributed by atoms with Gasteiger partial charge >= 0.3 is 0 Å². The number of nitrogens with two attached hydrogens (primary N) is 1. The number of nitrogen functional groups attached to an aromatic ring is 1. The summed E-state index contributed by atoms with van der Waals surface area (Å²) >= 11 is 0. The van der Waals surface area contributed by atoms with Crippen LogP contribution >= 0.6 is 0 Å². The summed E-state index contributed by atoms with van der Waals surface area (Å²) in [6.07, 6.45) is 4.45. The predicted molar refractivity (Wildman–Crippen MR) is 217 cm³/mol. The number of benzene rings is 6. The molecule has 52 heavy (non-hydrogen) atoms. The van der Waals surface area contributed by atoms with Crippen LogP contribution in [0.2, 0.25) is 0 Å². The lowest BCUT2D eigenvalue weighted by atomic mass is 9.97. The standard InChI is InChI=1S/C23H22N2O2.C23H24N2/c1-18(19-12-14-22(15-13-19)25(26)27)24-17-16-23(20-8-4-2-5-9-20)21-10-6-3-7-11-21;1-18(19-12-14-22(24)15-13-19)25-17-16-23(20-8-4-2-5-9-20)21-10-6-3-7-11-21/h2-16,18,24H,17H2,1H3;2-16,18,25H,17,24H2,1H3/t2*18-/m11/s1. The van der Waals surface area contributed by atoms with Crippen molar-refractivity contribution in [2.45, 2.75) is 25.9 Å². The Labute approximate surface area is 307 Å². The van der Waals surface area contributed by atoms with Gasteiger partial charge in [-0.15, -0.1) is 0 Å². The SMILES string of the molecule is C[C@@H](NCC=C(c1ccccc1)c1ccccc1)c1ccc(N)cc1.C[C@@H](NCC=C(c1ccccc1)c1ccccc1)c1ccc([N+](=O)[O-])cc1. The second kappa shape index (κ2) is 19.3. The van der Waals surface area contributed by atoms with Gasteiger partial charge < -0.3 is 16.4 Å². The molecule has 0 bridgehead atoms. The quantitative estimate of drug-likeness (QED) is 0.0639. The van der Waals surface area contributed by atoms with Crippen molar-refractivity contribution in [3.63, 3.8) is 0 Å². The molecule has 0 saturated carbocycles. The minimum atomic E-state index is -0.378. The van der Waals surface area contributed by atoms with Gasteiger partial charge in [0.2, 0.25) is 0 Å². The van der Waals surface area contributed by atoms with E-state index in [2.05, 4.69) is 122 Å². The van der Waals surface area contributed by atoms with Gasteiger partial charge in [-0.25, -0.2) is 0 Å². The smallest absolute Gasteiger partial charge is 0.269 e. The van der Waals surface area contributed by atoms with Gasteiger partial charge in [0.15, 0.2) is 0 Å². The summed E-state index contributed by atoms with van der Waals surface area (Å²) in [5.74, 6) is 0. The van der Waals surface area contributed by atoms with Crippen LogP contribution in [0.25, 0.3) is 11.1 Å². The van der Waals surface area contributed by atoms with Gasteiger partial charge in [-0.05, 0) is 70.5 Å². The van der Waals surface area contributed by atoms with Crippen molar-refractivity contribution in [2.24, 2.45) is 0 Å². The molecular formula is C46H46N4O2. The van der Waals surface area contributed by atoms with E-state index in [9.17, 15) is 10.1 Å². The summed E-state index contributed by atoms with van der Waals surface area (Å²) < 4.78 is 0. The molecule has 6 aromatic carbocycles. The molecule has 0 saturated heterocycles. The Kier molecular flexibility index (Phi) is 13.8. The van der Waals surface area contributed by atoms with Gasteiger partial charge in [-0.2, -0.15) is 0 Å². The largest absolute Gasteiger partial charge is 0.399 e. The first-order valence-electron chi connectivity index (χ1n) is 17.6. The zero-order valence-electron chi connectivity index (χ0n) is 29.7.